The van der Waals surface area contributed by atoms with Gasteiger partial charge in [-0.25, -0.2) is 4.98 Å². The van der Waals surface area contributed by atoms with E-state index in [4.69, 9.17) is 11.6 Å². The van der Waals surface area contributed by atoms with Crippen molar-refractivity contribution in [3.8, 4) is 0 Å². The van der Waals surface area contributed by atoms with E-state index in [1.165, 1.54) is 5.56 Å². The maximum atomic E-state index is 6.29. The van der Waals surface area contributed by atoms with E-state index in [9.17, 15) is 0 Å². The van der Waals surface area contributed by atoms with Crippen molar-refractivity contribution in [2.75, 3.05) is 45.7 Å². The van der Waals surface area contributed by atoms with Crippen molar-refractivity contribution in [2.45, 2.75) is 18.5 Å². The van der Waals surface area contributed by atoms with Gasteiger partial charge >= 0.3 is 0 Å². The summed E-state index contributed by atoms with van der Waals surface area (Å²) in [5.74, 6) is 1.68. The van der Waals surface area contributed by atoms with E-state index in [1.54, 1.807) is 6.20 Å². The average Bonchev–Trinajstić information content (AvgIpc) is 3.16. The van der Waals surface area contributed by atoms with Crippen LogP contribution in [-0.2, 0) is 0 Å². The van der Waals surface area contributed by atoms with Crippen LogP contribution >= 0.6 is 11.6 Å². The summed E-state index contributed by atoms with van der Waals surface area (Å²) in [5.41, 5.74) is 1.28. The Hall–Kier alpha value is -2.31. The van der Waals surface area contributed by atoms with Crippen LogP contribution < -0.4 is 15.5 Å². The molecule has 0 aliphatic carbocycles. The number of benzene rings is 1. The van der Waals surface area contributed by atoms with E-state index in [1.807, 2.05) is 25.2 Å². The largest absolute Gasteiger partial charge is 0.354 e. The van der Waals surface area contributed by atoms with Crippen LogP contribution in [0.15, 0.2) is 53.7 Å². The fraction of sp³-hybridized carbons (Fsp3) is 0.429. The van der Waals surface area contributed by atoms with Crippen LogP contribution in [0.2, 0.25) is 5.02 Å². The number of likely N-dealkylation sites (N-methyl/N-ethyl adjacent to an activating group) is 1. The van der Waals surface area contributed by atoms with E-state index in [-0.39, 0.29) is 6.04 Å². The molecule has 2 N–H and O–H groups in total. The van der Waals surface area contributed by atoms with Crippen molar-refractivity contribution in [3.05, 3.63) is 59.2 Å². The standard InChI is InChI=1S/C21H29ClN6/c1-23-21(25-14-19(27(2)3)16-8-5-4-6-9-16)26-17-11-13-28(15-17)20-18(22)10-7-12-24-20/h4-10,12,17,19H,11,13-15H2,1-3H3,(H2,23,25,26). The summed E-state index contributed by atoms with van der Waals surface area (Å²) in [6, 6.07) is 14.8. The van der Waals surface area contributed by atoms with Crippen molar-refractivity contribution >= 4 is 23.4 Å². The zero-order valence-electron chi connectivity index (χ0n) is 16.8. The van der Waals surface area contributed by atoms with Gasteiger partial charge in [-0.05, 0) is 38.2 Å². The molecule has 1 aliphatic rings. The molecule has 1 aromatic heterocycles. The molecule has 0 saturated carbocycles. The molecule has 2 atom stereocenters. The fourth-order valence-corrected chi connectivity index (χ4v) is 3.78. The molecule has 2 unspecified atom stereocenters. The number of halogens is 1. The summed E-state index contributed by atoms with van der Waals surface area (Å²) < 4.78 is 0. The Morgan fingerprint density at radius 3 is 2.75 bits per heavy atom. The second-order valence-electron chi connectivity index (χ2n) is 7.23. The molecule has 0 bridgehead atoms. The second kappa shape index (κ2) is 9.75. The normalized spacial score (nSPS) is 18.4. The number of anilines is 1. The first kappa shape index (κ1) is 20.4. The number of rotatable bonds is 6. The highest BCUT2D eigenvalue weighted by Crippen LogP contribution is 2.25. The Labute approximate surface area is 172 Å². The van der Waals surface area contributed by atoms with Crippen molar-refractivity contribution in [1.82, 2.24) is 20.5 Å². The zero-order chi connectivity index (χ0) is 19.9. The van der Waals surface area contributed by atoms with Gasteiger partial charge in [-0.1, -0.05) is 41.9 Å². The van der Waals surface area contributed by atoms with E-state index in [0.717, 1.165) is 37.8 Å². The maximum absolute atomic E-state index is 6.29. The minimum absolute atomic E-state index is 0.271. The summed E-state index contributed by atoms with van der Waals surface area (Å²) in [6.45, 7) is 2.56. The van der Waals surface area contributed by atoms with Crippen LogP contribution in [0.4, 0.5) is 5.82 Å². The molecule has 0 radical (unpaired) electrons. The summed E-state index contributed by atoms with van der Waals surface area (Å²) >= 11 is 6.29. The van der Waals surface area contributed by atoms with Gasteiger partial charge in [-0.15, -0.1) is 0 Å². The Bertz CT molecular complexity index is 779. The molecule has 2 aromatic rings. The van der Waals surface area contributed by atoms with Gasteiger partial charge < -0.3 is 20.4 Å². The lowest BCUT2D eigenvalue weighted by Gasteiger charge is -2.27. The molecule has 0 spiro atoms. The number of aliphatic imine (C=N–C) groups is 1. The van der Waals surface area contributed by atoms with Crippen LogP contribution in [0.3, 0.4) is 0 Å². The van der Waals surface area contributed by atoms with Crippen molar-refractivity contribution in [1.29, 1.82) is 0 Å². The zero-order valence-corrected chi connectivity index (χ0v) is 17.5. The predicted octanol–water partition coefficient (Wildman–Crippen LogP) is 2.78. The van der Waals surface area contributed by atoms with Crippen LogP contribution in [0, 0.1) is 0 Å². The first-order valence-corrected chi connectivity index (χ1v) is 10.00. The number of nitrogens with one attached hydrogen (secondary N) is 2. The van der Waals surface area contributed by atoms with E-state index >= 15 is 0 Å². The molecule has 28 heavy (non-hydrogen) atoms. The lowest BCUT2D eigenvalue weighted by atomic mass is 10.1. The molecular weight excluding hydrogens is 372 g/mol. The Morgan fingerprint density at radius 1 is 1.29 bits per heavy atom. The van der Waals surface area contributed by atoms with Gasteiger partial charge in [0.25, 0.3) is 0 Å². The molecule has 1 fully saturated rings. The molecular formula is C21H29ClN6. The minimum atomic E-state index is 0.271. The van der Waals surface area contributed by atoms with Crippen molar-refractivity contribution in [2.24, 2.45) is 4.99 Å². The monoisotopic (exact) mass is 400 g/mol. The number of guanidine groups is 1. The van der Waals surface area contributed by atoms with Crippen molar-refractivity contribution in [3.63, 3.8) is 0 Å². The molecule has 1 saturated heterocycles. The lowest BCUT2D eigenvalue weighted by Crippen LogP contribution is -2.46. The molecule has 150 valence electrons. The number of aromatic nitrogens is 1. The fourth-order valence-electron chi connectivity index (χ4n) is 3.54. The van der Waals surface area contributed by atoms with Gasteiger partial charge in [0.15, 0.2) is 5.96 Å². The summed E-state index contributed by atoms with van der Waals surface area (Å²) in [7, 11) is 6.01. The Balaban J connectivity index is 1.56. The average molecular weight is 401 g/mol. The first-order chi connectivity index (χ1) is 13.6. The number of hydrogen-bond acceptors (Lipinski definition) is 4. The van der Waals surface area contributed by atoms with Gasteiger partial charge in [0.2, 0.25) is 0 Å². The smallest absolute Gasteiger partial charge is 0.191 e. The third kappa shape index (κ3) is 5.14. The summed E-state index contributed by atoms with van der Waals surface area (Å²) in [4.78, 5) is 13.3. The third-order valence-electron chi connectivity index (χ3n) is 5.06. The number of pyridine rings is 1. The Morgan fingerprint density at radius 2 is 2.07 bits per heavy atom. The van der Waals surface area contributed by atoms with E-state index < -0.39 is 0 Å². The number of nitrogens with zero attached hydrogens (tertiary/aromatic N) is 4. The Kier molecular flexibility index (Phi) is 7.12. The predicted molar refractivity (Wildman–Crippen MR) is 117 cm³/mol. The minimum Gasteiger partial charge on any atom is -0.354 e. The number of hydrogen-bond donors (Lipinski definition) is 2. The van der Waals surface area contributed by atoms with E-state index in [2.05, 4.69) is 68.8 Å². The quantitative estimate of drug-likeness (QED) is 0.576. The first-order valence-electron chi connectivity index (χ1n) is 9.62. The van der Waals surface area contributed by atoms with Crippen LogP contribution in [0.5, 0.6) is 0 Å². The molecule has 1 aromatic carbocycles. The topological polar surface area (TPSA) is 55.8 Å². The third-order valence-corrected chi connectivity index (χ3v) is 5.36. The van der Waals surface area contributed by atoms with Gasteiger partial charge in [-0.3, -0.25) is 4.99 Å². The maximum Gasteiger partial charge on any atom is 0.191 e. The SMILES string of the molecule is CN=C(NCC(c1ccccc1)N(C)C)NC1CCN(c2ncccc2Cl)C1. The van der Waals surface area contributed by atoms with E-state index in [0.29, 0.717) is 11.1 Å². The highest BCUT2D eigenvalue weighted by Gasteiger charge is 2.25. The molecule has 6 nitrogen and oxygen atoms in total. The molecule has 2 heterocycles. The van der Waals surface area contributed by atoms with Gasteiger partial charge in [0.05, 0.1) is 11.1 Å². The summed E-state index contributed by atoms with van der Waals surface area (Å²) in [5, 5.41) is 7.71. The summed E-state index contributed by atoms with van der Waals surface area (Å²) in [6.07, 6.45) is 2.80. The molecule has 3 rings (SSSR count). The molecule has 7 heteroatoms. The van der Waals surface area contributed by atoms with Gasteiger partial charge in [-0.2, -0.15) is 0 Å². The van der Waals surface area contributed by atoms with Crippen LogP contribution in [0.1, 0.15) is 18.0 Å². The molecule has 1 aliphatic heterocycles. The van der Waals surface area contributed by atoms with Gasteiger partial charge in [0.1, 0.15) is 5.82 Å². The molecule has 0 amide bonds. The lowest BCUT2D eigenvalue weighted by molar-refractivity contribution is 0.298. The highest BCUT2D eigenvalue weighted by atomic mass is 35.5. The van der Waals surface area contributed by atoms with Gasteiger partial charge in [0, 0.05) is 38.9 Å². The van der Waals surface area contributed by atoms with Crippen molar-refractivity contribution < 1.29 is 0 Å². The van der Waals surface area contributed by atoms with Crippen LogP contribution in [-0.4, -0.2) is 62.7 Å². The van der Waals surface area contributed by atoms with Crippen LogP contribution in [0.25, 0.3) is 0 Å². The second-order valence-corrected chi connectivity index (χ2v) is 7.64. The highest BCUT2D eigenvalue weighted by molar-refractivity contribution is 6.32.